The molecule has 5 nitrogen and oxygen atoms in total. The molecule has 2 amide bonds. The average Bonchev–Trinajstić information content (AvgIpc) is 2.92. The van der Waals surface area contributed by atoms with E-state index >= 15 is 0 Å². The van der Waals surface area contributed by atoms with Crippen LogP contribution < -0.4 is 10.6 Å². The summed E-state index contributed by atoms with van der Waals surface area (Å²) in [5.41, 5.74) is 4.87. The molecule has 0 spiro atoms. The summed E-state index contributed by atoms with van der Waals surface area (Å²) < 4.78 is 1.75. The molecule has 3 aromatic rings. The topological polar surface area (TPSA) is 59.0 Å². The Bertz CT molecular complexity index is 848. The Kier molecular flexibility index (Phi) is 4.33. The van der Waals surface area contributed by atoms with E-state index in [-0.39, 0.29) is 6.03 Å². The maximum absolute atomic E-state index is 12.3. The second kappa shape index (κ2) is 6.58. The molecule has 122 valence electrons. The van der Waals surface area contributed by atoms with Crippen molar-refractivity contribution >= 4 is 17.5 Å². The number of amides is 2. The number of benzene rings is 2. The minimum Gasteiger partial charge on any atom is -0.307 e. The van der Waals surface area contributed by atoms with E-state index in [1.807, 2.05) is 75.5 Å². The van der Waals surface area contributed by atoms with Crippen molar-refractivity contribution in [3.05, 3.63) is 65.7 Å². The van der Waals surface area contributed by atoms with Gasteiger partial charge in [-0.25, -0.2) is 4.79 Å². The summed E-state index contributed by atoms with van der Waals surface area (Å²) in [6, 6.07) is 17.4. The molecule has 0 saturated heterocycles. The third-order valence-corrected chi connectivity index (χ3v) is 3.91. The predicted octanol–water partition coefficient (Wildman–Crippen LogP) is 4.35. The first kappa shape index (κ1) is 15.8. The number of hydrogen-bond acceptors (Lipinski definition) is 2. The molecule has 24 heavy (non-hydrogen) atoms. The zero-order valence-electron chi connectivity index (χ0n) is 14.0. The fraction of sp³-hybridized carbons (Fsp3) is 0.158. The normalized spacial score (nSPS) is 10.5. The zero-order chi connectivity index (χ0) is 17.1. The van der Waals surface area contributed by atoms with Crippen molar-refractivity contribution in [1.29, 1.82) is 0 Å². The molecule has 3 rings (SSSR count). The number of carbonyl (C=O) groups excluding carboxylic acids is 1. The van der Waals surface area contributed by atoms with Gasteiger partial charge in [0.05, 0.1) is 5.69 Å². The van der Waals surface area contributed by atoms with Crippen LogP contribution in [0.5, 0.6) is 0 Å². The number of hydrogen-bond donors (Lipinski definition) is 2. The summed E-state index contributed by atoms with van der Waals surface area (Å²) in [6.07, 6.45) is 0. The highest BCUT2D eigenvalue weighted by atomic mass is 16.2. The summed E-state index contributed by atoms with van der Waals surface area (Å²) in [4.78, 5) is 12.3. The molecule has 2 aromatic carbocycles. The second-order valence-electron chi connectivity index (χ2n) is 5.75. The highest BCUT2D eigenvalue weighted by Crippen LogP contribution is 2.22. The van der Waals surface area contributed by atoms with Crippen LogP contribution in [-0.4, -0.2) is 15.8 Å². The van der Waals surface area contributed by atoms with Crippen LogP contribution in [0.2, 0.25) is 0 Å². The molecule has 0 aliphatic carbocycles. The van der Waals surface area contributed by atoms with Gasteiger partial charge in [0, 0.05) is 18.8 Å². The molecule has 0 fully saturated rings. The molecule has 0 radical (unpaired) electrons. The van der Waals surface area contributed by atoms with E-state index in [1.165, 1.54) is 0 Å². The van der Waals surface area contributed by atoms with Crippen LogP contribution in [0.25, 0.3) is 11.3 Å². The summed E-state index contributed by atoms with van der Waals surface area (Å²) >= 11 is 0. The van der Waals surface area contributed by atoms with Gasteiger partial charge in [-0.15, -0.1) is 0 Å². The fourth-order valence-electron chi connectivity index (χ4n) is 2.68. The van der Waals surface area contributed by atoms with Gasteiger partial charge in [0.15, 0.2) is 5.82 Å². The molecule has 1 heterocycles. The first-order chi connectivity index (χ1) is 11.5. The number of para-hydroxylation sites is 1. The molecule has 0 bridgehead atoms. The zero-order valence-corrected chi connectivity index (χ0v) is 14.0. The highest BCUT2D eigenvalue weighted by molar-refractivity contribution is 6.00. The van der Waals surface area contributed by atoms with Crippen LogP contribution in [0, 0.1) is 13.8 Å². The van der Waals surface area contributed by atoms with Crippen LogP contribution in [0.3, 0.4) is 0 Å². The molecule has 5 heteroatoms. The van der Waals surface area contributed by atoms with Crippen LogP contribution >= 0.6 is 0 Å². The summed E-state index contributed by atoms with van der Waals surface area (Å²) in [5, 5.41) is 10.0. The standard InChI is InChI=1S/C19H20N4O/c1-13-8-7-9-14(2)18(13)21-19(24)20-17-12-16(23(3)22-17)15-10-5-4-6-11-15/h4-12H,1-3H3,(H2,20,21,22,24). The van der Waals surface area contributed by atoms with Crippen LogP contribution in [0.15, 0.2) is 54.6 Å². The maximum Gasteiger partial charge on any atom is 0.324 e. The monoisotopic (exact) mass is 320 g/mol. The minimum atomic E-state index is -0.301. The number of aromatic nitrogens is 2. The van der Waals surface area contributed by atoms with Crippen molar-refractivity contribution in [3.63, 3.8) is 0 Å². The van der Waals surface area contributed by atoms with Crippen molar-refractivity contribution in [2.75, 3.05) is 10.6 Å². The number of aryl methyl sites for hydroxylation is 3. The highest BCUT2D eigenvalue weighted by Gasteiger charge is 2.11. The van der Waals surface area contributed by atoms with Gasteiger partial charge >= 0.3 is 6.03 Å². The molecule has 2 N–H and O–H groups in total. The number of carbonyl (C=O) groups is 1. The van der Waals surface area contributed by atoms with Crippen LogP contribution in [0.4, 0.5) is 16.3 Å². The van der Waals surface area contributed by atoms with Crippen molar-refractivity contribution < 1.29 is 4.79 Å². The Morgan fingerprint density at radius 3 is 2.29 bits per heavy atom. The number of rotatable bonds is 3. The van der Waals surface area contributed by atoms with E-state index in [2.05, 4.69) is 15.7 Å². The first-order valence-electron chi connectivity index (χ1n) is 7.78. The first-order valence-corrected chi connectivity index (χ1v) is 7.78. The lowest BCUT2D eigenvalue weighted by Gasteiger charge is -2.11. The van der Waals surface area contributed by atoms with E-state index in [4.69, 9.17) is 0 Å². The third kappa shape index (κ3) is 3.30. The summed E-state index contributed by atoms with van der Waals surface area (Å²) in [7, 11) is 1.86. The second-order valence-corrected chi connectivity index (χ2v) is 5.75. The van der Waals surface area contributed by atoms with E-state index in [0.717, 1.165) is 28.1 Å². The lowest BCUT2D eigenvalue weighted by molar-refractivity contribution is 0.262. The Morgan fingerprint density at radius 1 is 0.958 bits per heavy atom. The SMILES string of the molecule is Cc1cccc(C)c1NC(=O)Nc1cc(-c2ccccc2)n(C)n1. The molecule has 0 saturated carbocycles. The van der Waals surface area contributed by atoms with E-state index < -0.39 is 0 Å². The van der Waals surface area contributed by atoms with E-state index in [1.54, 1.807) is 4.68 Å². The molecule has 0 unspecified atom stereocenters. The lowest BCUT2D eigenvalue weighted by Crippen LogP contribution is -2.21. The molecule has 0 aliphatic rings. The van der Waals surface area contributed by atoms with Crippen molar-refractivity contribution in [3.8, 4) is 11.3 Å². The molecular formula is C19H20N4O. The third-order valence-electron chi connectivity index (χ3n) is 3.91. The van der Waals surface area contributed by atoms with Crippen molar-refractivity contribution in [2.24, 2.45) is 7.05 Å². The number of anilines is 2. The van der Waals surface area contributed by atoms with Gasteiger partial charge in [-0.2, -0.15) is 5.10 Å². The maximum atomic E-state index is 12.3. The van der Waals surface area contributed by atoms with Crippen LogP contribution in [-0.2, 0) is 7.05 Å². The van der Waals surface area contributed by atoms with Crippen LogP contribution in [0.1, 0.15) is 11.1 Å². The fourth-order valence-corrected chi connectivity index (χ4v) is 2.68. The summed E-state index contributed by atoms with van der Waals surface area (Å²) in [5.74, 6) is 0.514. The van der Waals surface area contributed by atoms with E-state index in [9.17, 15) is 4.79 Å². The molecule has 0 aliphatic heterocycles. The average molecular weight is 320 g/mol. The van der Waals surface area contributed by atoms with Gasteiger partial charge < -0.3 is 5.32 Å². The summed E-state index contributed by atoms with van der Waals surface area (Å²) in [6.45, 7) is 3.94. The van der Waals surface area contributed by atoms with Gasteiger partial charge in [-0.05, 0) is 30.5 Å². The lowest BCUT2D eigenvalue weighted by atomic mass is 10.1. The quantitative estimate of drug-likeness (QED) is 0.754. The Labute approximate surface area is 141 Å². The smallest absolute Gasteiger partial charge is 0.307 e. The van der Waals surface area contributed by atoms with E-state index in [0.29, 0.717) is 5.82 Å². The Hall–Kier alpha value is -3.08. The van der Waals surface area contributed by atoms with Gasteiger partial charge in [0.25, 0.3) is 0 Å². The van der Waals surface area contributed by atoms with Crippen molar-refractivity contribution in [1.82, 2.24) is 9.78 Å². The van der Waals surface area contributed by atoms with Crippen molar-refractivity contribution in [2.45, 2.75) is 13.8 Å². The largest absolute Gasteiger partial charge is 0.324 e. The van der Waals surface area contributed by atoms with Gasteiger partial charge in [-0.3, -0.25) is 10.00 Å². The predicted molar refractivity (Wildman–Crippen MR) is 97.2 cm³/mol. The number of urea groups is 1. The van der Waals surface area contributed by atoms with Gasteiger partial charge in [0.1, 0.15) is 0 Å². The minimum absolute atomic E-state index is 0.301. The number of nitrogens with one attached hydrogen (secondary N) is 2. The molecular weight excluding hydrogens is 300 g/mol. The van der Waals surface area contributed by atoms with Gasteiger partial charge in [-0.1, -0.05) is 48.5 Å². The van der Waals surface area contributed by atoms with Gasteiger partial charge in [0.2, 0.25) is 0 Å². The Morgan fingerprint density at radius 2 is 1.62 bits per heavy atom. The molecule has 0 atom stereocenters. The molecule has 1 aromatic heterocycles. The Balaban J connectivity index is 1.76. The number of nitrogens with zero attached hydrogens (tertiary/aromatic N) is 2.